The average molecular weight is 229 g/mol. The Morgan fingerprint density at radius 3 is 2.65 bits per heavy atom. The maximum absolute atomic E-state index is 11.6. The third-order valence-electron chi connectivity index (χ3n) is 2.20. The van der Waals surface area contributed by atoms with Crippen molar-refractivity contribution in [2.24, 2.45) is 0 Å². The highest BCUT2D eigenvalue weighted by molar-refractivity contribution is 5.92. The van der Waals surface area contributed by atoms with Crippen LogP contribution in [0, 0.1) is 0 Å². The van der Waals surface area contributed by atoms with Crippen LogP contribution in [-0.4, -0.2) is 16.1 Å². The number of phenols is 1. The molecule has 0 aliphatic rings. The molecule has 0 spiro atoms. The molecule has 0 saturated carbocycles. The van der Waals surface area contributed by atoms with Crippen molar-refractivity contribution in [3.8, 4) is 5.75 Å². The van der Waals surface area contributed by atoms with Crippen LogP contribution in [-0.2, 0) is 11.3 Å². The number of ether oxygens (including phenoxy) is 1. The number of pyridine rings is 1. The van der Waals surface area contributed by atoms with Gasteiger partial charge in [-0.05, 0) is 24.3 Å². The molecule has 0 bridgehead atoms. The van der Waals surface area contributed by atoms with Crippen molar-refractivity contribution in [2.75, 3.05) is 0 Å². The smallest absolute Gasteiger partial charge is 0.342 e. The minimum absolute atomic E-state index is 0.0847. The minimum atomic E-state index is -0.561. The molecular formula is C13H11NO3. The molecule has 0 fully saturated rings. The zero-order valence-corrected chi connectivity index (χ0v) is 9.04. The second kappa shape index (κ2) is 5.12. The Bertz CT molecular complexity index is 511. The minimum Gasteiger partial charge on any atom is -0.507 e. The van der Waals surface area contributed by atoms with Gasteiger partial charge in [0.25, 0.3) is 0 Å². The Balaban J connectivity index is 2.01. The van der Waals surface area contributed by atoms with Crippen LogP contribution in [0.3, 0.4) is 0 Å². The first kappa shape index (κ1) is 11.1. The van der Waals surface area contributed by atoms with E-state index in [2.05, 4.69) is 4.98 Å². The van der Waals surface area contributed by atoms with Gasteiger partial charge in [0, 0.05) is 6.20 Å². The molecule has 0 aliphatic heterocycles. The molecule has 1 aromatic carbocycles. The number of hydrogen-bond acceptors (Lipinski definition) is 4. The lowest BCUT2D eigenvalue weighted by Gasteiger charge is -2.05. The second-order valence-electron chi connectivity index (χ2n) is 3.41. The molecule has 2 aromatic rings. The average Bonchev–Trinajstić information content (AvgIpc) is 2.38. The van der Waals surface area contributed by atoms with E-state index in [9.17, 15) is 9.90 Å². The van der Waals surface area contributed by atoms with E-state index in [0.29, 0.717) is 5.69 Å². The van der Waals surface area contributed by atoms with E-state index < -0.39 is 5.97 Å². The monoisotopic (exact) mass is 229 g/mol. The maximum Gasteiger partial charge on any atom is 0.342 e. The third kappa shape index (κ3) is 2.81. The van der Waals surface area contributed by atoms with Crippen molar-refractivity contribution in [3.05, 3.63) is 59.9 Å². The molecule has 1 N–H and O–H groups in total. The summed E-state index contributed by atoms with van der Waals surface area (Å²) in [5, 5.41) is 9.46. The van der Waals surface area contributed by atoms with Gasteiger partial charge >= 0.3 is 5.97 Å². The first-order chi connectivity index (χ1) is 8.27. The molecule has 0 atom stereocenters. The van der Waals surface area contributed by atoms with Gasteiger partial charge in [0.1, 0.15) is 17.9 Å². The van der Waals surface area contributed by atoms with Crippen LogP contribution in [0.2, 0.25) is 0 Å². The predicted molar refractivity (Wildman–Crippen MR) is 61.5 cm³/mol. The number of aromatic nitrogens is 1. The molecule has 0 radical (unpaired) electrons. The Hall–Kier alpha value is -2.36. The van der Waals surface area contributed by atoms with Crippen molar-refractivity contribution in [1.29, 1.82) is 0 Å². The molecule has 2 rings (SSSR count). The molecule has 0 amide bonds. The van der Waals surface area contributed by atoms with E-state index in [-0.39, 0.29) is 17.9 Å². The Labute approximate surface area is 98.5 Å². The fraction of sp³-hybridized carbons (Fsp3) is 0.0769. The summed E-state index contributed by atoms with van der Waals surface area (Å²) in [4.78, 5) is 15.7. The Morgan fingerprint density at radius 1 is 1.18 bits per heavy atom. The van der Waals surface area contributed by atoms with E-state index in [4.69, 9.17) is 4.74 Å². The van der Waals surface area contributed by atoms with Crippen LogP contribution in [0.25, 0.3) is 0 Å². The quantitative estimate of drug-likeness (QED) is 0.819. The number of esters is 1. The lowest BCUT2D eigenvalue weighted by Crippen LogP contribution is -2.06. The summed E-state index contributed by atoms with van der Waals surface area (Å²) in [6, 6.07) is 11.6. The molecule has 0 unspecified atom stereocenters. The molecule has 1 aromatic heterocycles. The fourth-order valence-electron chi connectivity index (χ4n) is 1.35. The SMILES string of the molecule is O=C(OCc1ccccn1)c1ccccc1O. The summed E-state index contributed by atoms with van der Waals surface area (Å²) < 4.78 is 5.03. The van der Waals surface area contributed by atoms with Crippen molar-refractivity contribution in [2.45, 2.75) is 6.61 Å². The van der Waals surface area contributed by atoms with Crippen LogP contribution < -0.4 is 0 Å². The second-order valence-corrected chi connectivity index (χ2v) is 3.41. The molecule has 1 heterocycles. The van der Waals surface area contributed by atoms with Crippen LogP contribution in [0.4, 0.5) is 0 Å². The van der Waals surface area contributed by atoms with Gasteiger partial charge in [-0.25, -0.2) is 4.79 Å². The van der Waals surface area contributed by atoms with Gasteiger partial charge < -0.3 is 9.84 Å². The summed E-state index contributed by atoms with van der Waals surface area (Å²) >= 11 is 0. The molecule has 0 aliphatic carbocycles. The van der Waals surface area contributed by atoms with Gasteiger partial charge in [-0.1, -0.05) is 18.2 Å². The van der Waals surface area contributed by atoms with E-state index >= 15 is 0 Å². The number of benzene rings is 1. The Morgan fingerprint density at radius 2 is 1.94 bits per heavy atom. The first-order valence-electron chi connectivity index (χ1n) is 5.12. The van der Waals surface area contributed by atoms with Gasteiger partial charge in [0.15, 0.2) is 0 Å². The topological polar surface area (TPSA) is 59.4 Å². The van der Waals surface area contributed by atoms with Gasteiger partial charge in [-0.2, -0.15) is 0 Å². The number of para-hydroxylation sites is 1. The predicted octanol–water partition coefficient (Wildman–Crippen LogP) is 2.14. The first-order valence-corrected chi connectivity index (χ1v) is 5.12. The van der Waals surface area contributed by atoms with Crippen molar-refractivity contribution >= 4 is 5.97 Å². The van der Waals surface area contributed by atoms with Crippen LogP contribution in [0.1, 0.15) is 16.1 Å². The van der Waals surface area contributed by atoms with E-state index in [0.717, 1.165) is 0 Å². The molecular weight excluding hydrogens is 218 g/mol. The Kier molecular flexibility index (Phi) is 3.35. The number of carbonyl (C=O) groups excluding carboxylic acids is 1. The van der Waals surface area contributed by atoms with Gasteiger partial charge in [-0.3, -0.25) is 4.98 Å². The molecule has 0 saturated heterocycles. The molecule has 86 valence electrons. The summed E-state index contributed by atoms with van der Waals surface area (Å²) in [6.07, 6.45) is 1.63. The van der Waals surface area contributed by atoms with Crippen LogP contribution in [0.15, 0.2) is 48.7 Å². The normalized spacial score (nSPS) is 9.88. The zero-order valence-electron chi connectivity index (χ0n) is 9.04. The lowest BCUT2D eigenvalue weighted by atomic mass is 10.2. The number of rotatable bonds is 3. The van der Waals surface area contributed by atoms with Gasteiger partial charge in [0.2, 0.25) is 0 Å². The van der Waals surface area contributed by atoms with Gasteiger partial charge in [-0.15, -0.1) is 0 Å². The van der Waals surface area contributed by atoms with Crippen LogP contribution >= 0.6 is 0 Å². The summed E-state index contributed by atoms with van der Waals surface area (Å²) in [5.41, 5.74) is 0.819. The standard InChI is InChI=1S/C13H11NO3/c15-12-7-2-1-6-11(12)13(16)17-9-10-5-3-4-8-14-10/h1-8,15H,9H2. The summed E-state index contributed by atoms with van der Waals surface area (Å²) in [6.45, 7) is 0.0913. The van der Waals surface area contributed by atoms with E-state index in [1.54, 1.807) is 30.5 Å². The molecule has 4 heteroatoms. The number of carbonyl (C=O) groups is 1. The number of phenolic OH excluding ortho intramolecular Hbond substituents is 1. The molecule has 17 heavy (non-hydrogen) atoms. The fourth-order valence-corrected chi connectivity index (χ4v) is 1.35. The third-order valence-corrected chi connectivity index (χ3v) is 2.20. The summed E-state index contributed by atoms with van der Waals surface area (Å²) in [7, 11) is 0. The van der Waals surface area contributed by atoms with Crippen molar-refractivity contribution in [1.82, 2.24) is 4.98 Å². The summed E-state index contributed by atoms with van der Waals surface area (Å²) in [5.74, 6) is -0.646. The van der Waals surface area contributed by atoms with Crippen molar-refractivity contribution < 1.29 is 14.6 Å². The number of aromatic hydroxyl groups is 1. The largest absolute Gasteiger partial charge is 0.507 e. The maximum atomic E-state index is 11.6. The highest BCUT2D eigenvalue weighted by atomic mass is 16.5. The lowest BCUT2D eigenvalue weighted by molar-refractivity contribution is 0.0464. The van der Waals surface area contributed by atoms with Crippen LogP contribution in [0.5, 0.6) is 5.75 Å². The number of nitrogens with zero attached hydrogens (tertiary/aromatic N) is 1. The zero-order chi connectivity index (χ0) is 12.1. The van der Waals surface area contributed by atoms with E-state index in [1.807, 2.05) is 6.07 Å². The van der Waals surface area contributed by atoms with E-state index in [1.165, 1.54) is 12.1 Å². The highest BCUT2D eigenvalue weighted by Gasteiger charge is 2.11. The van der Waals surface area contributed by atoms with Gasteiger partial charge in [0.05, 0.1) is 5.69 Å². The van der Waals surface area contributed by atoms with Crippen molar-refractivity contribution in [3.63, 3.8) is 0 Å². The highest BCUT2D eigenvalue weighted by Crippen LogP contribution is 2.16. The number of hydrogen-bond donors (Lipinski definition) is 1. The molecule has 4 nitrogen and oxygen atoms in total.